The number of hydrogen-bond donors (Lipinski definition) is 1. The van der Waals surface area contributed by atoms with Gasteiger partial charge >= 0.3 is 0 Å². The van der Waals surface area contributed by atoms with E-state index in [1.165, 1.54) is 29.7 Å². The van der Waals surface area contributed by atoms with Gasteiger partial charge in [0.1, 0.15) is 5.82 Å². The largest absolute Gasteiger partial charge is 0.342 e. The monoisotopic (exact) mass is 351 g/mol. The van der Waals surface area contributed by atoms with E-state index in [1.54, 1.807) is 4.90 Å². The van der Waals surface area contributed by atoms with Crippen LogP contribution in [0.5, 0.6) is 0 Å². The Hall–Kier alpha value is -2.66. The normalized spacial score (nSPS) is 23.3. The Morgan fingerprint density at radius 3 is 2.54 bits per heavy atom. The first-order valence-electron chi connectivity index (χ1n) is 8.90. The summed E-state index contributed by atoms with van der Waals surface area (Å²) in [5, 5.41) is 1.19. The Bertz CT molecular complexity index is 922. The van der Waals surface area contributed by atoms with Gasteiger partial charge in [-0.15, -0.1) is 0 Å². The molecule has 1 amide bonds. The molecular formula is C21H22FN3O. The smallest absolute Gasteiger partial charge is 0.253 e. The predicted octanol–water partition coefficient (Wildman–Crippen LogP) is 3.44. The number of fused-ring (bicyclic) bond motifs is 1. The highest BCUT2D eigenvalue weighted by molar-refractivity contribution is 5.94. The minimum atomic E-state index is -0.343. The average Bonchev–Trinajstić information content (AvgIpc) is 3.05. The van der Waals surface area contributed by atoms with Gasteiger partial charge in [-0.25, -0.2) is 4.39 Å². The SMILES string of the molecule is CC1CN(C(=O)c2ccc(F)cc2)CC(N)C1n1ccc2ccccc21. The van der Waals surface area contributed by atoms with Crippen molar-refractivity contribution >= 4 is 16.8 Å². The van der Waals surface area contributed by atoms with E-state index in [1.807, 2.05) is 12.1 Å². The number of benzene rings is 2. The van der Waals surface area contributed by atoms with Gasteiger partial charge in [0.15, 0.2) is 0 Å². The van der Waals surface area contributed by atoms with Crippen LogP contribution < -0.4 is 5.73 Å². The fraction of sp³-hybridized carbons (Fsp3) is 0.286. The van der Waals surface area contributed by atoms with Crippen LogP contribution in [0.15, 0.2) is 60.8 Å². The topological polar surface area (TPSA) is 51.3 Å². The molecular weight excluding hydrogens is 329 g/mol. The Morgan fingerprint density at radius 1 is 1.08 bits per heavy atom. The van der Waals surface area contributed by atoms with Gasteiger partial charge < -0.3 is 15.2 Å². The van der Waals surface area contributed by atoms with Crippen LogP contribution in [0.2, 0.25) is 0 Å². The second kappa shape index (κ2) is 6.57. The van der Waals surface area contributed by atoms with E-state index in [9.17, 15) is 9.18 Å². The van der Waals surface area contributed by atoms with Gasteiger partial charge in [0.25, 0.3) is 5.91 Å². The van der Waals surface area contributed by atoms with Crippen LogP contribution in [0.3, 0.4) is 0 Å². The molecule has 134 valence electrons. The number of carbonyl (C=O) groups excluding carboxylic acids is 1. The molecule has 0 aliphatic carbocycles. The minimum Gasteiger partial charge on any atom is -0.342 e. The van der Waals surface area contributed by atoms with Crippen LogP contribution >= 0.6 is 0 Å². The molecule has 26 heavy (non-hydrogen) atoms. The number of likely N-dealkylation sites (tertiary alicyclic amines) is 1. The number of amides is 1. The van der Waals surface area contributed by atoms with E-state index in [-0.39, 0.29) is 29.7 Å². The summed E-state index contributed by atoms with van der Waals surface area (Å²) in [5.41, 5.74) is 8.17. The molecule has 3 unspecified atom stereocenters. The van der Waals surface area contributed by atoms with Crippen molar-refractivity contribution in [2.24, 2.45) is 11.7 Å². The molecule has 1 fully saturated rings. The lowest BCUT2D eigenvalue weighted by atomic mass is 9.89. The lowest BCUT2D eigenvalue weighted by molar-refractivity contribution is 0.0584. The Kier molecular flexibility index (Phi) is 4.24. The van der Waals surface area contributed by atoms with Gasteiger partial charge in [-0.2, -0.15) is 0 Å². The summed E-state index contributed by atoms with van der Waals surface area (Å²) < 4.78 is 15.3. The number of rotatable bonds is 2. The summed E-state index contributed by atoms with van der Waals surface area (Å²) in [6, 6.07) is 16.0. The highest BCUT2D eigenvalue weighted by Gasteiger charge is 2.36. The molecule has 1 saturated heterocycles. The lowest BCUT2D eigenvalue weighted by Gasteiger charge is -2.42. The summed E-state index contributed by atoms with van der Waals surface area (Å²) in [6.07, 6.45) is 2.09. The van der Waals surface area contributed by atoms with Gasteiger partial charge in [0.2, 0.25) is 0 Å². The van der Waals surface area contributed by atoms with Gasteiger partial charge in [-0.1, -0.05) is 25.1 Å². The Labute approximate surface area is 152 Å². The maximum absolute atomic E-state index is 13.1. The minimum absolute atomic E-state index is 0.0943. The third-order valence-corrected chi connectivity index (χ3v) is 5.29. The maximum Gasteiger partial charge on any atom is 0.253 e. The van der Waals surface area contributed by atoms with E-state index >= 15 is 0 Å². The second-order valence-corrected chi connectivity index (χ2v) is 7.13. The first kappa shape index (κ1) is 16.8. The third kappa shape index (κ3) is 2.88. The summed E-state index contributed by atoms with van der Waals surface area (Å²) in [5.74, 6) is -0.230. The molecule has 0 saturated carbocycles. The summed E-state index contributed by atoms with van der Waals surface area (Å²) in [7, 11) is 0. The van der Waals surface area contributed by atoms with E-state index in [0.29, 0.717) is 18.7 Å². The van der Waals surface area contributed by atoms with Crippen molar-refractivity contribution in [2.75, 3.05) is 13.1 Å². The number of nitrogens with zero attached hydrogens (tertiary/aromatic N) is 2. The van der Waals surface area contributed by atoms with Gasteiger partial charge in [-0.05, 0) is 47.7 Å². The van der Waals surface area contributed by atoms with Gasteiger partial charge in [0, 0.05) is 36.4 Å². The molecule has 2 heterocycles. The van der Waals surface area contributed by atoms with Crippen molar-refractivity contribution in [3.05, 3.63) is 72.2 Å². The van der Waals surface area contributed by atoms with E-state index < -0.39 is 0 Å². The Morgan fingerprint density at radius 2 is 1.81 bits per heavy atom. The van der Waals surface area contributed by atoms with Crippen LogP contribution in [-0.4, -0.2) is 34.5 Å². The zero-order chi connectivity index (χ0) is 18.3. The molecule has 5 heteroatoms. The van der Waals surface area contributed by atoms with Gasteiger partial charge in [-0.3, -0.25) is 4.79 Å². The summed E-state index contributed by atoms with van der Waals surface area (Å²) in [4.78, 5) is 14.5. The number of hydrogen-bond acceptors (Lipinski definition) is 2. The molecule has 4 nitrogen and oxygen atoms in total. The predicted molar refractivity (Wildman–Crippen MR) is 100 cm³/mol. The summed E-state index contributed by atoms with van der Waals surface area (Å²) >= 11 is 0. The van der Waals surface area contributed by atoms with E-state index in [4.69, 9.17) is 5.73 Å². The van der Waals surface area contributed by atoms with Gasteiger partial charge in [0.05, 0.1) is 6.04 Å². The quantitative estimate of drug-likeness (QED) is 0.769. The molecule has 0 spiro atoms. The van der Waals surface area contributed by atoms with Crippen molar-refractivity contribution in [3.8, 4) is 0 Å². The number of carbonyl (C=O) groups is 1. The number of halogens is 1. The first-order valence-corrected chi connectivity index (χ1v) is 8.90. The van der Waals surface area contributed by atoms with Crippen LogP contribution in [0.4, 0.5) is 4.39 Å². The highest BCUT2D eigenvalue weighted by Crippen LogP contribution is 2.31. The van der Waals surface area contributed by atoms with Crippen LogP contribution in [0, 0.1) is 11.7 Å². The zero-order valence-electron chi connectivity index (χ0n) is 14.7. The maximum atomic E-state index is 13.1. The zero-order valence-corrected chi connectivity index (χ0v) is 14.7. The molecule has 3 atom stereocenters. The van der Waals surface area contributed by atoms with Crippen molar-refractivity contribution < 1.29 is 9.18 Å². The molecule has 1 aliphatic rings. The van der Waals surface area contributed by atoms with Crippen molar-refractivity contribution in [3.63, 3.8) is 0 Å². The van der Waals surface area contributed by atoms with Crippen molar-refractivity contribution in [1.29, 1.82) is 0 Å². The molecule has 0 bridgehead atoms. The third-order valence-electron chi connectivity index (χ3n) is 5.29. The fourth-order valence-electron chi connectivity index (χ4n) is 4.10. The lowest BCUT2D eigenvalue weighted by Crippen LogP contribution is -2.54. The molecule has 3 aromatic rings. The fourth-order valence-corrected chi connectivity index (χ4v) is 4.10. The highest BCUT2D eigenvalue weighted by atomic mass is 19.1. The molecule has 1 aliphatic heterocycles. The standard InChI is InChI=1S/C21H22FN3O/c1-14-12-24(21(26)16-6-8-17(22)9-7-16)13-18(23)20(14)25-11-10-15-4-2-3-5-19(15)25/h2-11,14,18,20H,12-13,23H2,1H3. The first-order chi connectivity index (χ1) is 12.5. The summed E-state index contributed by atoms with van der Waals surface area (Å²) in [6.45, 7) is 3.24. The van der Waals surface area contributed by atoms with E-state index in [0.717, 1.165) is 5.52 Å². The number of para-hydroxylation sites is 1. The second-order valence-electron chi connectivity index (χ2n) is 7.13. The van der Waals surface area contributed by atoms with Crippen LogP contribution in [-0.2, 0) is 0 Å². The van der Waals surface area contributed by atoms with Crippen LogP contribution in [0.25, 0.3) is 10.9 Å². The van der Waals surface area contributed by atoms with Crippen molar-refractivity contribution in [2.45, 2.75) is 19.0 Å². The molecule has 0 radical (unpaired) electrons. The van der Waals surface area contributed by atoms with Crippen molar-refractivity contribution in [1.82, 2.24) is 9.47 Å². The number of aromatic nitrogens is 1. The molecule has 4 rings (SSSR count). The van der Waals surface area contributed by atoms with E-state index in [2.05, 4.69) is 35.9 Å². The Balaban J connectivity index is 1.58. The molecule has 2 N–H and O–H groups in total. The molecule has 2 aromatic carbocycles. The molecule has 1 aromatic heterocycles. The average molecular weight is 351 g/mol. The van der Waals surface area contributed by atoms with Crippen LogP contribution in [0.1, 0.15) is 23.3 Å². The number of piperidine rings is 1. The number of nitrogens with two attached hydrogens (primary N) is 1.